The third-order valence-electron chi connectivity index (χ3n) is 1.59. The number of rotatable bonds is 0. The Bertz CT molecular complexity index is 436. The van der Waals surface area contributed by atoms with Crippen molar-refractivity contribution < 1.29 is 10.2 Å². The summed E-state index contributed by atoms with van der Waals surface area (Å²) in [5, 5.41) is 19.7. The van der Waals surface area contributed by atoms with Gasteiger partial charge in [0.1, 0.15) is 10.8 Å². The molecule has 1 aromatic heterocycles. The minimum absolute atomic E-state index is 0.0472. The summed E-state index contributed by atoms with van der Waals surface area (Å²) in [7, 11) is 0. The first-order valence-electron chi connectivity index (χ1n) is 3.28. The lowest BCUT2D eigenvalue weighted by Gasteiger charge is -1.95. The molecule has 1 heterocycles. The lowest BCUT2D eigenvalue weighted by atomic mass is 10.2. The first kappa shape index (κ1) is 7.71. The fourth-order valence-electron chi connectivity index (χ4n) is 1.05. The van der Waals surface area contributed by atoms with E-state index in [9.17, 15) is 5.11 Å². The molecule has 12 heavy (non-hydrogen) atoms. The van der Waals surface area contributed by atoms with Gasteiger partial charge in [-0.05, 0) is 23.6 Å². The summed E-state index contributed by atoms with van der Waals surface area (Å²) in [5.41, 5.74) is 0. The molecule has 2 aromatic rings. The Balaban J connectivity index is 2.89. The summed E-state index contributed by atoms with van der Waals surface area (Å²) in [4.78, 5) is 0. The van der Waals surface area contributed by atoms with E-state index in [2.05, 4.69) is 0 Å². The molecule has 0 fully saturated rings. The summed E-state index contributed by atoms with van der Waals surface area (Å²) < 4.78 is 0.717. The number of halogens is 1. The number of hydrogen-bond acceptors (Lipinski definition) is 3. The second kappa shape index (κ2) is 2.54. The van der Waals surface area contributed by atoms with Gasteiger partial charge in [-0.15, -0.1) is 0 Å². The first-order valence-corrected chi connectivity index (χ1v) is 4.48. The van der Waals surface area contributed by atoms with Crippen LogP contribution in [0.2, 0.25) is 5.02 Å². The zero-order valence-corrected chi connectivity index (χ0v) is 7.49. The predicted octanol–water partition coefficient (Wildman–Crippen LogP) is 2.97. The summed E-state index contributed by atoms with van der Waals surface area (Å²) in [6.45, 7) is 0. The fraction of sp³-hybridized carbons (Fsp3) is 0. The van der Waals surface area contributed by atoms with Gasteiger partial charge in [-0.1, -0.05) is 22.9 Å². The summed E-state index contributed by atoms with van der Waals surface area (Å²) >= 11 is 6.95. The number of hydrogen-bond donors (Lipinski definition) is 2. The van der Waals surface area contributed by atoms with E-state index in [1.54, 1.807) is 12.1 Å². The Kier molecular flexibility index (Phi) is 1.63. The highest BCUT2D eigenvalue weighted by Gasteiger charge is 2.07. The van der Waals surface area contributed by atoms with Crippen LogP contribution in [0.25, 0.3) is 10.1 Å². The molecular weight excluding hydrogens is 196 g/mol. The molecule has 0 unspecified atom stereocenters. The van der Waals surface area contributed by atoms with E-state index in [-0.39, 0.29) is 10.8 Å². The number of aromatic hydroxyl groups is 2. The van der Waals surface area contributed by atoms with Crippen molar-refractivity contribution in [3.63, 3.8) is 0 Å². The Hall–Kier alpha value is -0.930. The topological polar surface area (TPSA) is 40.5 Å². The van der Waals surface area contributed by atoms with Crippen LogP contribution in [0.5, 0.6) is 10.8 Å². The molecule has 2 N–H and O–H groups in total. The SMILES string of the molecule is Oc1cc2ccc(O)c(Cl)c2s1. The molecule has 2 rings (SSSR count). The molecule has 0 saturated heterocycles. The van der Waals surface area contributed by atoms with Crippen molar-refractivity contribution in [3.05, 3.63) is 23.2 Å². The number of phenolic OH excluding ortho intramolecular Hbond substituents is 1. The van der Waals surface area contributed by atoms with Gasteiger partial charge in [-0.3, -0.25) is 0 Å². The van der Waals surface area contributed by atoms with Crippen molar-refractivity contribution in [3.8, 4) is 10.8 Å². The zero-order valence-electron chi connectivity index (χ0n) is 5.91. The normalized spacial score (nSPS) is 10.8. The minimum atomic E-state index is 0.0472. The number of benzene rings is 1. The third kappa shape index (κ3) is 1.02. The highest BCUT2D eigenvalue weighted by Crippen LogP contribution is 2.39. The lowest BCUT2D eigenvalue weighted by molar-refractivity contribution is 0.476. The smallest absolute Gasteiger partial charge is 0.172 e. The second-order valence-corrected chi connectivity index (χ2v) is 3.81. The standard InChI is InChI=1S/C8H5ClO2S/c9-7-5(10)2-1-4-3-6(11)12-8(4)7/h1-3,10-11H. The first-order chi connectivity index (χ1) is 5.68. The van der Waals surface area contributed by atoms with Crippen molar-refractivity contribution in [2.24, 2.45) is 0 Å². The quantitative estimate of drug-likeness (QED) is 0.687. The van der Waals surface area contributed by atoms with Gasteiger partial charge >= 0.3 is 0 Å². The van der Waals surface area contributed by atoms with E-state index in [0.29, 0.717) is 9.72 Å². The summed E-state index contributed by atoms with van der Waals surface area (Å²) in [6.07, 6.45) is 0. The molecule has 0 bridgehead atoms. The maximum absolute atomic E-state index is 9.22. The van der Waals surface area contributed by atoms with Crippen LogP contribution in [0.3, 0.4) is 0 Å². The van der Waals surface area contributed by atoms with Crippen LogP contribution in [0.4, 0.5) is 0 Å². The summed E-state index contributed by atoms with van der Waals surface area (Å²) in [6, 6.07) is 4.84. The van der Waals surface area contributed by atoms with E-state index in [0.717, 1.165) is 16.7 Å². The molecule has 0 aliphatic carbocycles. The van der Waals surface area contributed by atoms with Crippen molar-refractivity contribution in [1.29, 1.82) is 0 Å². The van der Waals surface area contributed by atoms with Crippen LogP contribution in [0, 0.1) is 0 Å². The van der Waals surface area contributed by atoms with E-state index < -0.39 is 0 Å². The molecule has 0 aliphatic heterocycles. The van der Waals surface area contributed by atoms with Gasteiger partial charge in [0.05, 0.1) is 4.70 Å². The van der Waals surface area contributed by atoms with Crippen molar-refractivity contribution >= 4 is 33.0 Å². The maximum Gasteiger partial charge on any atom is 0.172 e. The van der Waals surface area contributed by atoms with Crippen LogP contribution in [0.15, 0.2) is 18.2 Å². The molecule has 1 aromatic carbocycles. The van der Waals surface area contributed by atoms with E-state index in [1.165, 1.54) is 6.07 Å². The van der Waals surface area contributed by atoms with Crippen molar-refractivity contribution in [2.45, 2.75) is 0 Å². The Morgan fingerprint density at radius 2 is 2.00 bits per heavy atom. The van der Waals surface area contributed by atoms with Gasteiger partial charge in [0, 0.05) is 0 Å². The van der Waals surface area contributed by atoms with Crippen LogP contribution in [-0.2, 0) is 0 Å². The second-order valence-electron chi connectivity index (χ2n) is 2.40. The lowest BCUT2D eigenvalue weighted by Crippen LogP contribution is -1.67. The highest BCUT2D eigenvalue weighted by molar-refractivity contribution is 7.21. The van der Waals surface area contributed by atoms with Crippen LogP contribution in [-0.4, -0.2) is 10.2 Å². The molecule has 4 heteroatoms. The van der Waals surface area contributed by atoms with Gasteiger partial charge in [-0.2, -0.15) is 0 Å². The van der Waals surface area contributed by atoms with Crippen molar-refractivity contribution in [1.82, 2.24) is 0 Å². The molecule has 0 amide bonds. The number of thiophene rings is 1. The molecule has 2 nitrogen and oxygen atoms in total. The predicted molar refractivity (Wildman–Crippen MR) is 50.2 cm³/mol. The monoisotopic (exact) mass is 200 g/mol. The maximum atomic E-state index is 9.22. The zero-order chi connectivity index (χ0) is 8.72. The largest absolute Gasteiger partial charge is 0.506 e. The molecule has 0 saturated carbocycles. The molecule has 0 aliphatic rings. The van der Waals surface area contributed by atoms with E-state index in [1.807, 2.05) is 0 Å². The molecular formula is C8H5ClO2S. The molecule has 0 atom stereocenters. The van der Waals surface area contributed by atoms with Gasteiger partial charge in [0.15, 0.2) is 5.06 Å². The minimum Gasteiger partial charge on any atom is -0.506 e. The Morgan fingerprint density at radius 1 is 1.25 bits per heavy atom. The Morgan fingerprint density at radius 3 is 2.75 bits per heavy atom. The van der Waals surface area contributed by atoms with Crippen molar-refractivity contribution in [2.75, 3.05) is 0 Å². The average Bonchev–Trinajstić information content (AvgIpc) is 2.39. The van der Waals surface area contributed by atoms with Gasteiger partial charge in [0.25, 0.3) is 0 Å². The number of fused-ring (bicyclic) bond motifs is 1. The average molecular weight is 201 g/mol. The van der Waals surface area contributed by atoms with Gasteiger partial charge in [-0.25, -0.2) is 0 Å². The molecule has 0 radical (unpaired) electrons. The molecule has 0 spiro atoms. The van der Waals surface area contributed by atoms with Crippen LogP contribution < -0.4 is 0 Å². The third-order valence-corrected chi connectivity index (χ3v) is 3.06. The summed E-state index contributed by atoms with van der Waals surface area (Å²) in [5.74, 6) is 0.0472. The van der Waals surface area contributed by atoms with Gasteiger partial charge < -0.3 is 10.2 Å². The van der Waals surface area contributed by atoms with E-state index >= 15 is 0 Å². The van der Waals surface area contributed by atoms with Crippen LogP contribution in [0.1, 0.15) is 0 Å². The number of phenols is 1. The highest BCUT2D eigenvalue weighted by atomic mass is 35.5. The van der Waals surface area contributed by atoms with E-state index in [4.69, 9.17) is 16.7 Å². The Labute approximate surface area is 77.6 Å². The van der Waals surface area contributed by atoms with Crippen LogP contribution >= 0.6 is 22.9 Å². The molecule has 62 valence electrons. The fourth-order valence-corrected chi connectivity index (χ4v) is 2.17. The van der Waals surface area contributed by atoms with Gasteiger partial charge in [0.2, 0.25) is 0 Å².